The van der Waals surface area contributed by atoms with Crippen LogP contribution in [0.25, 0.3) is 0 Å². The van der Waals surface area contributed by atoms with E-state index in [0.29, 0.717) is 35.0 Å². The van der Waals surface area contributed by atoms with E-state index >= 15 is 0 Å². The molecule has 2 heterocycles. The lowest BCUT2D eigenvalue weighted by atomic mass is 9.84. The minimum absolute atomic E-state index is 0.249. The van der Waals surface area contributed by atoms with Gasteiger partial charge in [-0.15, -0.1) is 0 Å². The summed E-state index contributed by atoms with van der Waals surface area (Å²) in [4.78, 5) is 14.3. The van der Waals surface area contributed by atoms with E-state index in [2.05, 4.69) is 5.32 Å². The van der Waals surface area contributed by atoms with E-state index in [-0.39, 0.29) is 5.91 Å². The van der Waals surface area contributed by atoms with Gasteiger partial charge >= 0.3 is 0 Å². The van der Waals surface area contributed by atoms with E-state index < -0.39 is 0 Å². The third kappa shape index (κ3) is 2.80. The van der Waals surface area contributed by atoms with Crippen LogP contribution in [-0.4, -0.2) is 29.9 Å². The van der Waals surface area contributed by atoms with Crippen molar-refractivity contribution in [3.63, 3.8) is 0 Å². The fourth-order valence-corrected chi connectivity index (χ4v) is 3.76. The molecule has 108 valence electrons. The summed E-state index contributed by atoms with van der Waals surface area (Å²) < 4.78 is 0. The molecule has 1 amide bonds. The van der Waals surface area contributed by atoms with E-state index in [1.807, 2.05) is 17.0 Å². The molecule has 20 heavy (non-hydrogen) atoms. The van der Waals surface area contributed by atoms with Crippen LogP contribution < -0.4 is 5.32 Å². The average Bonchev–Trinajstić information content (AvgIpc) is 2.44. The molecule has 2 unspecified atom stereocenters. The molecule has 2 atom stereocenters. The van der Waals surface area contributed by atoms with Crippen LogP contribution in [0, 0.1) is 5.92 Å². The molecule has 5 heteroatoms. The summed E-state index contributed by atoms with van der Waals surface area (Å²) in [6, 6.07) is 5.84. The van der Waals surface area contributed by atoms with E-state index in [1.165, 1.54) is 0 Å². The van der Waals surface area contributed by atoms with Crippen LogP contribution in [0.4, 0.5) is 0 Å². The number of nitrogens with zero attached hydrogens (tertiary/aromatic N) is 1. The number of benzene rings is 1. The molecule has 0 radical (unpaired) electrons. The molecular weight excluding hydrogens is 295 g/mol. The predicted molar refractivity (Wildman–Crippen MR) is 81.0 cm³/mol. The number of piperidine rings is 2. The third-order valence-corrected chi connectivity index (χ3v) is 4.96. The number of nitrogens with one attached hydrogen (secondary N) is 1. The highest BCUT2D eigenvalue weighted by Crippen LogP contribution is 2.31. The first-order valence-corrected chi connectivity index (χ1v) is 7.85. The van der Waals surface area contributed by atoms with Gasteiger partial charge in [-0.3, -0.25) is 4.79 Å². The second-order valence-electron chi connectivity index (χ2n) is 5.62. The zero-order valence-electron chi connectivity index (χ0n) is 11.2. The van der Waals surface area contributed by atoms with Crippen molar-refractivity contribution in [2.24, 2.45) is 5.92 Å². The first-order chi connectivity index (χ1) is 9.65. The van der Waals surface area contributed by atoms with Crippen LogP contribution in [0.1, 0.15) is 24.8 Å². The Morgan fingerprint density at radius 3 is 2.95 bits per heavy atom. The van der Waals surface area contributed by atoms with Gasteiger partial charge in [0.1, 0.15) is 0 Å². The van der Waals surface area contributed by atoms with Crippen molar-refractivity contribution in [3.05, 3.63) is 33.8 Å². The van der Waals surface area contributed by atoms with Crippen molar-refractivity contribution in [2.75, 3.05) is 13.1 Å². The second-order valence-corrected chi connectivity index (χ2v) is 6.46. The summed E-state index contributed by atoms with van der Waals surface area (Å²) in [7, 11) is 0. The number of rotatable bonds is 2. The Morgan fingerprint density at radius 1 is 1.30 bits per heavy atom. The highest BCUT2D eigenvalue weighted by Gasteiger charge is 2.37. The molecule has 2 fully saturated rings. The summed E-state index contributed by atoms with van der Waals surface area (Å²) in [6.07, 6.45) is 2.68. The maximum atomic E-state index is 12.3. The molecule has 0 aromatic heterocycles. The van der Waals surface area contributed by atoms with E-state index in [1.54, 1.807) is 6.07 Å². The molecule has 0 saturated carbocycles. The molecule has 3 rings (SSSR count). The van der Waals surface area contributed by atoms with Crippen molar-refractivity contribution >= 4 is 29.1 Å². The van der Waals surface area contributed by atoms with E-state index in [0.717, 1.165) is 31.5 Å². The SMILES string of the molecule is O=C1CCC2CNCCC2N1Cc1ccc(Cl)cc1Cl. The fraction of sp³-hybridized carbons (Fsp3) is 0.533. The molecular formula is C15H18Cl2N2O. The first-order valence-electron chi connectivity index (χ1n) is 7.09. The van der Waals surface area contributed by atoms with Gasteiger partial charge in [0.05, 0.1) is 0 Å². The van der Waals surface area contributed by atoms with Crippen LogP contribution in [0.2, 0.25) is 10.0 Å². The van der Waals surface area contributed by atoms with E-state index in [9.17, 15) is 4.79 Å². The average molecular weight is 313 g/mol. The number of carbonyl (C=O) groups is 1. The van der Waals surface area contributed by atoms with Gasteiger partial charge in [-0.1, -0.05) is 29.3 Å². The zero-order valence-corrected chi connectivity index (χ0v) is 12.8. The Bertz CT molecular complexity index is 521. The van der Waals surface area contributed by atoms with Gasteiger partial charge in [0.2, 0.25) is 5.91 Å². The highest BCUT2D eigenvalue weighted by molar-refractivity contribution is 6.35. The predicted octanol–water partition coefficient (Wildman–Crippen LogP) is 3.09. The van der Waals surface area contributed by atoms with Gasteiger partial charge in [0.25, 0.3) is 0 Å². The van der Waals surface area contributed by atoms with E-state index in [4.69, 9.17) is 23.2 Å². The number of fused-ring (bicyclic) bond motifs is 1. The van der Waals surface area contributed by atoms with Crippen LogP contribution in [0.5, 0.6) is 0 Å². The van der Waals surface area contributed by atoms with Crippen molar-refractivity contribution in [3.8, 4) is 0 Å². The summed E-state index contributed by atoms with van der Waals surface area (Å²) in [6.45, 7) is 2.60. The molecule has 2 aliphatic rings. The van der Waals surface area contributed by atoms with Gasteiger partial charge < -0.3 is 10.2 Å². The summed E-state index contributed by atoms with van der Waals surface area (Å²) in [5, 5.41) is 4.69. The maximum absolute atomic E-state index is 12.3. The standard InChI is InChI=1S/C15H18Cl2N2O/c16-12-3-1-11(13(17)7-12)9-19-14-5-6-18-8-10(14)2-4-15(19)20/h1,3,7,10,14,18H,2,4-6,8-9H2. The van der Waals surface area contributed by atoms with Crippen LogP contribution in [0.3, 0.4) is 0 Å². The minimum atomic E-state index is 0.249. The lowest BCUT2D eigenvalue weighted by molar-refractivity contribution is -0.140. The lowest BCUT2D eigenvalue weighted by Crippen LogP contribution is -2.54. The fourth-order valence-electron chi connectivity index (χ4n) is 3.29. The van der Waals surface area contributed by atoms with Gasteiger partial charge in [-0.25, -0.2) is 0 Å². The van der Waals surface area contributed by atoms with Gasteiger partial charge in [-0.05, 0) is 49.5 Å². The second kappa shape index (κ2) is 5.92. The Labute approximate surface area is 129 Å². The zero-order chi connectivity index (χ0) is 14.1. The molecule has 3 nitrogen and oxygen atoms in total. The normalized spacial score (nSPS) is 26.5. The molecule has 2 saturated heterocycles. The van der Waals surface area contributed by atoms with Crippen molar-refractivity contribution in [1.82, 2.24) is 10.2 Å². The third-order valence-electron chi connectivity index (χ3n) is 4.37. The number of likely N-dealkylation sites (tertiary alicyclic amines) is 1. The molecule has 0 aliphatic carbocycles. The van der Waals surface area contributed by atoms with Gasteiger partial charge in [0.15, 0.2) is 0 Å². The smallest absolute Gasteiger partial charge is 0.223 e. The Kier molecular flexibility index (Phi) is 4.20. The molecule has 2 aliphatic heterocycles. The molecule has 1 aromatic carbocycles. The highest BCUT2D eigenvalue weighted by atomic mass is 35.5. The molecule has 0 bridgehead atoms. The van der Waals surface area contributed by atoms with Crippen molar-refractivity contribution in [1.29, 1.82) is 0 Å². The Morgan fingerprint density at radius 2 is 2.15 bits per heavy atom. The number of carbonyl (C=O) groups excluding carboxylic acids is 1. The van der Waals surface area contributed by atoms with Crippen LogP contribution >= 0.6 is 23.2 Å². The van der Waals surface area contributed by atoms with Gasteiger partial charge in [0, 0.05) is 29.1 Å². The topological polar surface area (TPSA) is 32.3 Å². The number of hydrogen-bond donors (Lipinski definition) is 1. The van der Waals surface area contributed by atoms with Crippen molar-refractivity contribution < 1.29 is 4.79 Å². The van der Waals surface area contributed by atoms with Gasteiger partial charge in [-0.2, -0.15) is 0 Å². The number of amides is 1. The lowest BCUT2D eigenvalue weighted by Gasteiger charge is -2.44. The summed E-state index contributed by atoms with van der Waals surface area (Å²) >= 11 is 12.2. The largest absolute Gasteiger partial charge is 0.335 e. The Balaban J connectivity index is 1.81. The monoisotopic (exact) mass is 312 g/mol. The maximum Gasteiger partial charge on any atom is 0.223 e. The summed E-state index contributed by atoms with van der Waals surface area (Å²) in [5.41, 5.74) is 0.976. The van der Waals surface area contributed by atoms with Crippen molar-refractivity contribution in [2.45, 2.75) is 31.8 Å². The molecule has 1 N–H and O–H groups in total. The molecule has 1 aromatic rings. The molecule has 0 spiro atoms. The minimum Gasteiger partial charge on any atom is -0.335 e. The quantitative estimate of drug-likeness (QED) is 0.910. The van der Waals surface area contributed by atoms with Crippen LogP contribution in [0.15, 0.2) is 18.2 Å². The Hall–Kier alpha value is -0.770. The summed E-state index contributed by atoms with van der Waals surface area (Å²) in [5.74, 6) is 0.826. The number of halogens is 2. The first kappa shape index (κ1) is 14.2. The number of hydrogen-bond acceptors (Lipinski definition) is 2. The van der Waals surface area contributed by atoms with Crippen LogP contribution in [-0.2, 0) is 11.3 Å².